The average molecular weight is 498 g/mol. The number of methoxy groups -OCH3 is 2. The van der Waals surface area contributed by atoms with Gasteiger partial charge in [-0.25, -0.2) is 4.79 Å². The van der Waals surface area contributed by atoms with Crippen molar-refractivity contribution in [3.63, 3.8) is 0 Å². The molecule has 0 radical (unpaired) electrons. The molecular weight excluding hydrogens is 470 g/mol. The van der Waals surface area contributed by atoms with E-state index in [9.17, 15) is 19.6 Å². The van der Waals surface area contributed by atoms with Gasteiger partial charge in [0, 0.05) is 25.0 Å². The molecule has 0 saturated carbocycles. The van der Waals surface area contributed by atoms with Gasteiger partial charge in [0.1, 0.15) is 16.5 Å². The van der Waals surface area contributed by atoms with E-state index in [1.807, 2.05) is 6.07 Å². The monoisotopic (exact) mass is 497 g/mol. The molecule has 1 aromatic heterocycles. The molecule has 1 atom stereocenters. The van der Waals surface area contributed by atoms with Crippen LogP contribution < -0.4 is 16.0 Å². The average Bonchev–Trinajstić information content (AvgIpc) is 3.34. The zero-order valence-electron chi connectivity index (χ0n) is 19.6. The summed E-state index contributed by atoms with van der Waals surface area (Å²) >= 11 is 1.27. The zero-order chi connectivity index (χ0) is 25.7. The van der Waals surface area contributed by atoms with Crippen molar-refractivity contribution in [1.82, 2.24) is 16.0 Å². The molecule has 184 valence electrons. The molecule has 1 aromatic carbocycles. The van der Waals surface area contributed by atoms with Crippen LogP contribution in [0.4, 0.5) is 4.79 Å². The molecule has 3 amide bonds. The third-order valence-corrected chi connectivity index (χ3v) is 6.11. The topological polar surface area (TPSA) is 153 Å². The fourth-order valence-electron chi connectivity index (χ4n) is 3.42. The van der Waals surface area contributed by atoms with E-state index < -0.39 is 23.4 Å². The molecule has 2 rings (SSSR count). The van der Waals surface area contributed by atoms with E-state index in [2.05, 4.69) is 22.0 Å². The van der Waals surface area contributed by atoms with Gasteiger partial charge in [0.25, 0.3) is 0 Å². The highest BCUT2D eigenvalue weighted by Gasteiger charge is 2.40. The predicted octanol–water partition coefficient (Wildman–Crippen LogP) is 1.99. The summed E-state index contributed by atoms with van der Waals surface area (Å²) in [4.78, 5) is 39.3. The lowest BCUT2D eigenvalue weighted by Gasteiger charge is -2.33. The van der Waals surface area contributed by atoms with Crippen molar-refractivity contribution < 1.29 is 23.9 Å². The maximum Gasteiger partial charge on any atom is 0.407 e. The van der Waals surface area contributed by atoms with E-state index in [1.54, 1.807) is 36.4 Å². The second kappa shape index (κ2) is 13.7. The summed E-state index contributed by atoms with van der Waals surface area (Å²) in [6, 6.07) is 14.2. The first kappa shape index (κ1) is 27.3. The van der Waals surface area contributed by atoms with Gasteiger partial charge in [-0.1, -0.05) is 12.1 Å². The van der Waals surface area contributed by atoms with Crippen LogP contribution in [0, 0.1) is 22.7 Å². The van der Waals surface area contributed by atoms with Gasteiger partial charge in [-0.2, -0.15) is 10.5 Å². The van der Waals surface area contributed by atoms with E-state index in [1.165, 1.54) is 25.6 Å². The number of nitrogens with zero attached hydrogens (tertiary/aromatic N) is 2. The molecule has 0 bridgehead atoms. The minimum atomic E-state index is -1.45. The lowest BCUT2D eigenvalue weighted by molar-refractivity contribution is -0.130. The Morgan fingerprint density at radius 3 is 2.54 bits per heavy atom. The molecule has 11 heteroatoms. The zero-order valence-corrected chi connectivity index (χ0v) is 20.4. The highest BCUT2D eigenvalue weighted by Crippen LogP contribution is 2.22. The molecule has 0 aliphatic rings. The second-order valence-corrected chi connectivity index (χ2v) is 8.79. The Morgan fingerprint density at radius 2 is 1.89 bits per heavy atom. The van der Waals surface area contributed by atoms with E-state index in [0.29, 0.717) is 29.0 Å². The first-order valence-electron chi connectivity index (χ1n) is 10.7. The number of carbonyl (C=O) groups is 3. The van der Waals surface area contributed by atoms with Crippen molar-refractivity contribution in [2.45, 2.75) is 31.3 Å². The highest BCUT2D eigenvalue weighted by atomic mass is 32.1. The van der Waals surface area contributed by atoms with E-state index in [4.69, 9.17) is 14.7 Å². The lowest BCUT2D eigenvalue weighted by Crippen LogP contribution is -2.61. The molecule has 10 nitrogen and oxygen atoms in total. The SMILES string of the molecule is COCCCC(Cc1cccc(C#N)c1)(NC(=O)OC)C(=O)NCC(=O)NCc1ccc(C#N)s1. The summed E-state index contributed by atoms with van der Waals surface area (Å²) in [7, 11) is 2.72. The van der Waals surface area contributed by atoms with Crippen LogP contribution in [0.15, 0.2) is 36.4 Å². The minimum absolute atomic E-state index is 0.0704. The van der Waals surface area contributed by atoms with Gasteiger partial charge in [-0.15, -0.1) is 11.3 Å². The van der Waals surface area contributed by atoms with Gasteiger partial charge in [0.2, 0.25) is 11.8 Å². The molecule has 0 aliphatic heterocycles. The first-order valence-corrected chi connectivity index (χ1v) is 11.6. The van der Waals surface area contributed by atoms with Gasteiger partial charge in [-0.05, 0) is 42.7 Å². The molecule has 1 heterocycles. The third-order valence-electron chi connectivity index (χ3n) is 5.12. The molecule has 0 saturated heterocycles. The Morgan fingerprint density at radius 1 is 1.09 bits per heavy atom. The number of nitriles is 2. The summed E-state index contributed by atoms with van der Waals surface area (Å²) in [5.74, 6) is -1.00. The van der Waals surface area contributed by atoms with Crippen molar-refractivity contribution in [2.24, 2.45) is 0 Å². The van der Waals surface area contributed by atoms with Gasteiger partial charge >= 0.3 is 6.09 Å². The van der Waals surface area contributed by atoms with E-state index >= 15 is 0 Å². The summed E-state index contributed by atoms with van der Waals surface area (Å²) in [5, 5.41) is 26.1. The number of ether oxygens (including phenoxy) is 2. The Balaban J connectivity index is 2.17. The van der Waals surface area contributed by atoms with Crippen molar-refractivity contribution in [3.05, 3.63) is 57.3 Å². The number of benzene rings is 1. The molecule has 3 N–H and O–H groups in total. The fraction of sp³-hybridized carbons (Fsp3) is 0.375. The van der Waals surface area contributed by atoms with E-state index in [0.717, 1.165) is 4.88 Å². The first-order chi connectivity index (χ1) is 16.9. The maximum absolute atomic E-state index is 13.4. The molecule has 1 unspecified atom stereocenters. The second-order valence-electron chi connectivity index (χ2n) is 7.62. The Kier molecular flexibility index (Phi) is 10.7. The Labute approximate surface area is 207 Å². The van der Waals surface area contributed by atoms with Crippen molar-refractivity contribution in [1.29, 1.82) is 10.5 Å². The third kappa shape index (κ3) is 8.41. The van der Waals surface area contributed by atoms with Crippen LogP contribution in [0.1, 0.15) is 33.7 Å². The van der Waals surface area contributed by atoms with Gasteiger partial charge in [-0.3, -0.25) is 9.59 Å². The van der Waals surface area contributed by atoms with Gasteiger partial charge in [0.05, 0.1) is 31.8 Å². The molecule has 2 aromatic rings. The highest BCUT2D eigenvalue weighted by molar-refractivity contribution is 7.12. The molecule has 35 heavy (non-hydrogen) atoms. The smallest absolute Gasteiger partial charge is 0.407 e. The number of carbonyl (C=O) groups excluding carboxylic acids is 3. The molecule has 0 fully saturated rings. The number of rotatable bonds is 12. The van der Waals surface area contributed by atoms with Gasteiger partial charge < -0.3 is 25.4 Å². The number of amides is 3. The number of nitrogens with one attached hydrogen (secondary N) is 3. The van der Waals surface area contributed by atoms with Crippen LogP contribution in [0.3, 0.4) is 0 Å². The van der Waals surface area contributed by atoms with Crippen LogP contribution in [0.2, 0.25) is 0 Å². The van der Waals surface area contributed by atoms with Crippen molar-refractivity contribution in [3.8, 4) is 12.1 Å². The summed E-state index contributed by atoms with van der Waals surface area (Å²) in [6.45, 7) is 0.256. The quantitative estimate of drug-likeness (QED) is 0.379. The van der Waals surface area contributed by atoms with Crippen LogP contribution in [0.25, 0.3) is 0 Å². The van der Waals surface area contributed by atoms with Crippen LogP contribution >= 0.6 is 11.3 Å². The minimum Gasteiger partial charge on any atom is -0.453 e. The van der Waals surface area contributed by atoms with Gasteiger partial charge in [0.15, 0.2) is 0 Å². The normalized spacial score (nSPS) is 11.9. The summed E-state index contributed by atoms with van der Waals surface area (Å²) in [6.07, 6.45) is -0.0883. The maximum atomic E-state index is 13.4. The molecular formula is C24H27N5O5S. The van der Waals surface area contributed by atoms with Crippen LogP contribution in [-0.2, 0) is 32.0 Å². The van der Waals surface area contributed by atoms with Crippen molar-refractivity contribution in [2.75, 3.05) is 27.4 Å². The predicted molar refractivity (Wildman–Crippen MR) is 128 cm³/mol. The largest absolute Gasteiger partial charge is 0.453 e. The number of alkyl carbamates (subject to hydrolysis) is 1. The number of thiophene rings is 1. The Hall–Kier alpha value is -3.93. The van der Waals surface area contributed by atoms with Crippen LogP contribution in [-0.4, -0.2) is 50.8 Å². The number of hydrogen-bond donors (Lipinski definition) is 3. The Bertz CT molecular complexity index is 1120. The van der Waals surface area contributed by atoms with Crippen LogP contribution in [0.5, 0.6) is 0 Å². The molecule has 0 spiro atoms. The fourth-order valence-corrected chi connectivity index (χ4v) is 4.17. The van der Waals surface area contributed by atoms with Crippen molar-refractivity contribution >= 4 is 29.2 Å². The summed E-state index contributed by atoms with van der Waals surface area (Å²) in [5.41, 5.74) is -0.377. The lowest BCUT2D eigenvalue weighted by atomic mass is 9.85. The summed E-state index contributed by atoms with van der Waals surface area (Å²) < 4.78 is 9.87. The molecule has 0 aliphatic carbocycles. The standard InChI is InChI=1S/C24H27N5O5S/c1-33-10-4-9-24(29-23(32)34-2,12-17-5-3-6-18(11-17)13-25)22(31)28-16-21(30)27-15-20-8-7-19(14-26)35-20/h3,5-8,11H,4,9-10,12,15-16H2,1-2H3,(H,27,30)(H,28,31)(H,29,32). The number of hydrogen-bond acceptors (Lipinski definition) is 8. The van der Waals surface area contributed by atoms with E-state index in [-0.39, 0.29) is 25.9 Å².